The number of ether oxygens (including phenoxy) is 2. The van der Waals surface area contributed by atoms with Crippen molar-refractivity contribution in [3.8, 4) is 11.5 Å². The van der Waals surface area contributed by atoms with E-state index in [-0.39, 0.29) is 0 Å². The molecule has 0 radical (unpaired) electrons. The summed E-state index contributed by atoms with van der Waals surface area (Å²) < 4.78 is 12.7. The zero-order valence-corrected chi connectivity index (χ0v) is 15.4. The zero-order chi connectivity index (χ0) is 15.3. The third-order valence-electron chi connectivity index (χ3n) is 3.76. The third-order valence-corrected chi connectivity index (χ3v) is 5.76. The molecule has 0 unspecified atom stereocenters. The van der Waals surface area contributed by atoms with E-state index < -0.39 is 0 Å². The smallest absolute Gasteiger partial charge is 0.175 e. The minimum Gasteiger partial charge on any atom is -0.493 e. The van der Waals surface area contributed by atoms with Crippen molar-refractivity contribution in [3.05, 3.63) is 22.2 Å². The maximum absolute atomic E-state index is 5.75. The van der Waals surface area contributed by atoms with E-state index in [1.807, 2.05) is 11.8 Å². The molecule has 1 N–H and O–H groups in total. The van der Waals surface area contributed by atoms with E-state index >= 15 is 0 Å². The number of benzene rings is 1. The lowest BCUT2D eigenvalue weighted by Gasteiger charge is -2.16. The third kappa shape index (κ3) is 4.54. The van der Waals surface area contributed by atoms with Crippen LogP contribution in [0, 0.1) is 0 Å². The van der Waals surface area contributed by atoms with Crippen LogP contribution in [0.3, 0.4) is 0 Å². The fourth-order valence-electron chi connectivity index (χ4n) is 2.25. The number of methoxy groups -OCH3 is 1. The Morgan fingerprint density at radius 1 is 1.38 bits per heavy atom. The monoisotopic (exact) mass is 373 g/mol. The van der Waals surface area contributed by atoms with Crippen molar-refractivity contribution in [2.45, 2.75) is 37.5 Å². The second kappa shape index (κ2) is 7.75. The zero-order valence-electron chi connectivity index (χ0n) is 13.0. The first-order valence-corrected chi connectivity index (χ1v) is 9.41. The quantitative estimate of drug-likeness (QED) is 0.701. The summed E-state index contributed by atoms with van der Waals surface area (Å²) in [6, 6.07) is 4.17. The Kier molecular flexibility index (Phi) is 6.26. The second-order valence-electron chi connectivity index (χ2n) is 5.45. The van der Waals surface area contributed by atoms with Gasteiger partial charge in [-0.1, -0.05) is 6.92 Å². The van der Waals surface area contributed by atoms with Gasteiger partial charge in [-0.2, -0.15) is 11.8 Å². The van der Waals surface area contributed by atoms with E-state index in [9.17, 15) is 0 Å². The average Bonchev–Trinajstić information content (AvgIpc) is 3.26. The SMILES string of the molecule is CCCOc1c(Br)cc(CNCC2(SC)CC2)cc1OC. The van der Waals surface area contributed by atoms with Crippen molar-refractivity contribution in [3.63, 3.8) is 0 Å². The molecule has 118 valence electrons. The summed E-state index contributed by atoms with van der Waals surface area (Å²) in [7, 11) is 1.69. The van der Waals surface area contributed by atoms with Gasteiger partial charge in [0.15, 0.2) is 11.5 Å². The molecule has 0 atom stereocenters. The van der Waals surface area contributed by atoms with Crippen LogP contribution in [-0.2, 0) is 6.54 Å². The van der Waals surface area contributed by atoms with Crippen LogP contribution in [0.5, 0.6) is 11.5 Å². The number of hydrogen-bond acceptors (Lipinski definition) is 4. The molecule has 0 aliphatic heterocycles. The van der Waals surface area contributed by atoms with Crippen molar-refractivity contribution >= 4 is 27.7 Å². The Morgan fingerprint density at radius 3 is 2.71 bits per heavy atom. The van der Waals surface area contributed by atoms with Gasteiger partial charge >= 0.3 is 0 Å². The summed E-state index contributed by atoms with van der Waals surface area (Å²) in [6.45, 7) is 4.72. The molecule has 0 saturated heterocycles. The lowest BCUT2D eigenvalue weighted by molar-refractivity contribution is 0.292. The minimum atomic E-state index is 0.492. The molecule has 21 heavy (non-hydrogen) atoms. The molecule has 0 aromatic heterocycles. The van der Waals surface area contributed by atoms with Gasteiger partial charge in [-0.05, 0) is 59.1 Å². The van der Waals surface area contributed by atoms with Crippen molar-refractivity contribution in [1.82, 2.24) is 5.32 Å². The van der Waals surface area contributed by atoms with Gasteiger partial charge in [0.05, 0.1) is 18.2 Å². The fourth-order valence-corrected chi connectivity index (χ4v) is 3.61. The summed E-state index contributed by atoms with van der Waals surface area (Å²) in [4.78, 5) is 0. The average molecular weight is 374 g/mol. The van der Waals surface area contributed by atoms with Gasteiger partial charge in [0.25, 0.3) is 0 Å². The molecule has 1 aromatic rings. The standard InChI is InChI=1S/C16H24BrNO2S/c1-4-7-20-15-13(17)8-12(9-14(15)19-2)10-18-11-16(21-3)5-6-16/h8-9,18H,4-7,10-11H2,1-3H3. The highest BCUT2D eigenvalue weighted by atomic mass is 79.9. The number of rotatable bonds is 9. The van der Waals surface area contributed by atoms with E-state index in [4.69, 9.17) is 9.47 Å². The molecule has 1 fully saturated rings. The first-order chi connectivity index (χ1) is 10.1. The van der Waals surface area contributed by atoms with Gasteiger partial charge in [0.2, 0.25) is 0 Å². The van der Waals surface area contributed by atoms with Crippen LogP contribution in [0.15, 0.2) is 16.6 Å². The van der Waals surface area contributed by atoms with Crippen LogP contribution in [0.25, 0.3) is 0 Å². The lowest BCUT2D eigenvalue weighted by atomic mass is 10.2. The summed E-state index contributed by atoms with van der Waals surface area (Å²) in [5.74, 6) is 1.59. The van der Waals surface area contributed by atoms with Crippen LogP contribution < -0.4 is 14.8 Å². The molecule has 3 nitrogen and oxygen atoms in total. The number of halogens is 1. The molecule has 2 rings (SSSR count). The molecule has 1 saturated carbocycles. The van der Waals surface area contributed by atoms with E-state index in [1.165, 1.54) is 18.4 Å². The van der Waals surface area contributed by atoms with Gasteiger partial charge < -0.3 is 14.8 Å². The lowest BCUT2D eigenvalue weighted by Crippen LogP contribution is -2.25. The Balaban J connectivity index is 1.98. The van der Waals surface area contributed by atoms with Crippen molar-refractivity contribution in [1.29, 1.82) is 0 Å². The molecule has 1 aliphatic carbocycles. The number of hydrogen-bond donors (Lipinski definition) is 1. The predicted octanol–water partition coefficient (Wildman–Crippen LogP) is 4.23. The van der Waals surface area contributed by atoms with E-state index in [2.05, 4.69) is 46.6 Å². The summed E-state index contributed by atoms with van der Waals surface area (Å²) in [5.41, 5.74) is 1.21. The van der Waals surface area contributed by atoms with E-state index in [0.29, 0.717) is 11.4 Å². The van der Waals surface area contributed by atoms with Gasteiger partial charge in [0.1, 0.15) is 0 Å². The highest BCUT2D eigenvalue weighted by Crippen LogP contribution is 2.46. The molecule has 5 heteroatoms. The molecular weight excluding hydrogens is 350 g/mol. The molecule has 0 heterocycles. The molecule has 1 aliphatic rings. The van der Waals surface area contributed by atoms with Crippen LogP contribution >= 0.6 is 27.7 Å². The summed E-state index contributed by atoms with van der Waals surface area (Å²) in [6.07, 6.45) is 5.85. The van der Waals surface area contributed by atoms with Gasteiger partial charge in [-0.3, -0.25) is 0 Å². The van der Waals surface area contributed by atoms with Crippen LogP contribution in [0.2, 0.25) is 0 Å². The van der Waals surface area contributed by atoms with Gasteiger partial charge in [-0.15, -0.1) is 0 Å². The number of nitrogens with one attached hydrogen (secondary N) is 1. The molecular formula is C16H24BrNO2S. The Bertz CT molecular complexity index is 478. The first kappa shape index (κ1) is 17.0. The highest BCUT2D eigenvalue weighted by Gasteiger charge is 2.41. The topological polar surface area (TPSA) is 30.5 Å². The highest BCUT2D eigenvalue weighted by molar-refractivity contribution is 9.10. The fraction of sp³-hybridized carbons (Fsp3) is 0.625. The maximum Gasteiger partial charge on any atom is 0.175 e. The molecule has 0 amide bonds. The van der Waals surface area contributed by atoms with Crippen LogP contribution in [0.4, 0.5) is 0 Å². The maximum atomic E-state index is 5.75. The normalized spacial score (nSPS) is 15.8. The van der Waals surface area contributed by atoms with Crippen LogP contribution in [0.1, 0.15) is 31.7 Å². The van der Waals surface area contributed by atoms with Crippen molar-refractivity contribution in [2.75, 3.05) is 26.5 Å². The number of thioether (sulfide) groups is 1. The van der Waals surface area contributed by atoms with E-state index in [1.54, 1.807) is 7.11 Å². The first-order valence-electron chi connectivity index (χ1n) is 7.39. The second-order valence-corrected chi connectivity index (χ2v) is 7.58. The minimum absolute atomic E-state index is 0.492. The van der Waals surface area contributed by atoms with Crippen molar-refractivity contribution in [2.24, 2.45) is 0 Å². The predicted molar refractivity (Wildman–Crippen MR) is 93.7 cm³/mol. The Labute approximate surface area is 140 Å². The van der Waals surface area contributed by atoms with Gasteiger partial charge in [0, 0.05) is 17.8 Å². The summed E-state index contributed by atoms with van der Waals surface area (Å²) in [5, 5.41) is 3.56. The Hall–Kier alpha value is -0.390. The molecule has 1 aromatic carbocycles. The van der Waals surface area contributed by atoms with Gasteiger partial charge in [-0.25, -0.2) is 0 Å². The molecule has 0 bridgehead atoms. The van der Waals surface area contributed by atoms with Crippen LogP contribution in [-0.4, -0.2) is 31.3 Å². The Morgan fingerprint density at radius 2 is 2.14 bits per heavy atom. The molecule has 0 spiro atoms. The summed E-state index contributed by atoms with van der Waals surface area (Å²) >= 11 is 5.57. The van der Waals surface area contributed by atoms with E-state index in [0.717, 1.165) is 35.5 Å². The van der Waals surface area contributed by atoms with Crippen molar-refractivity contribution < 1.29 is 9.47 Å². The largest absolute Gasteiger partial charge is 0.493 e.